The van der Waals surface area contributed by atoms with Gasteiger partial charge in [-0.3, -0.25) is 0 Å². The molecule has 0 saturated heterocycles. The monoisotopic (exact) mass is 274 g/mol. The molecule has 102 valence electrons. The van der Waals surface area contributed by atoms with Crippen LogP contribution in [-0.4, -0.2) is 0 Å². The van der Waals surface area contributed by atoms with Crippen molar-refractivity contribution in [1.82, 2.24) is 0 Å². The van der Waals surface area contributed by atoms with Gasteiger partial charge in [-0.05, 0) is 58.7 Å². The lowest BCUT2D eigenvalue weighted by Gasteiger charge is -2.03. The molecule has 21 heavy (non-hydrogen) atoms. The van der Waals surface area contributed by atoms with Gasteiger partial charge in [-0.25, -0.2) is 0 Å². The topological polar surface area (TPSA) is 26.3 Å². The standard InChI is InChI=1S/C19H14O2/c1-2-8-19-15(13-17-6-4-10-21-17)11-14(18(19)7-1)12-16-5-3-9-20-16/h1-12H,13H2/b14-12+. The summed E-state index contributed by atoms with van der Waals surface area (Å²) in [4.78, 5) is 0. The van der Waals surface area contributed by atoms with Gasteiger partial charge in [-0.1, -0.05) is 24.3 Å². The highest BCUT2D eigenvalue weighted by molar-refractivity contribution is 6.01. The van der Waals surface area contributed by atoms with Crippen molar-refractivity contribution in [1.29, 1.82) is 0 Å². The van der Waals surface area contributed by atoms with Crippen LogP contribution < -0.4 is 0 Å². The zero-order chi connectivity index (χ0) is 14.1. The lowest BCUT2D eigenvalue weighted by Crippen LogP contribution is -1.87. The molecular weight excluding hydrogens is 260 g/mol. The predicted octanol–water partition coefficient (Wildman–Crippen LogP) is 5.05. The van der Waals surface area contributed by atoms with E-state index in [1.54, 1.807) is 12.5 Å². The fraction of sp³-hybridized carbons (Fsp3) is 0.0526. The van der Waals surface area contributed by atoms with E-state index in [9.17, 15) is 0 Å². The van der Waals surface area contributed by atoms with Gasteiger partial charge < -0.3 is 8.83 Å². The Bertz CT molecular complexity index is 803. The van der Waals surface area contributed by atoms with Crippen molar-refractivity contribution in [3.05, 3.63) is 89.8 Å². The van der Waals surface area contributed by atoms with Gasteiger partial charge in [0.1, 0.15) is 11.5 Å². The molecule has 0 N–H and O–H groups in total. The number of furan rings is 2. The Labute approximate surface area is 123 Å². The molecule has 0 radical (unpaired) electrons. The summed E-state index contributed by atoms with van der Waals surface area (Å²) in [5.41, 5.74) is 4.97. The van der Waals surface area contributed by atoms with Crippen LogP contribution in [0.25, 0.3) is 17.2 Å². The first-order chi connectivity index (χ1) is 10.4. The number of hydrogen-bond acceptors (Lipinski definition) is 2. The second-order valence-corrected chi connectivity index (χ2v) is 5.09. The quantitative estimate of drug-likeness (QED) is 0.667. The van der Waals surface area contributed by atoms with Gasteiger partial charge in [0.05, 0.1) is 12.5 Å². The number of fused-ring (bicyclic) bond motifs is 1. The van der Waals surface area contributed by atoms with Crippen molar-refractivity contribution in [3.8, 4) is 0 Å². The molecule has 0 amide bonds. The zero-order valence-electron chi connectivity index (χ0n) is 11.5. The van der Waals surface area contributed by atoms with Crippen LogP contribution in [0.5, 0.6) is 0 Å². The fourth-order valence-corrected chi connectivity index (χ4v) is 2.75. The molecule has 4 rings (SSSR count). The maximum Gasteiger partial charge on any atom is 0.127 e. The molecule has 2 heterocycles. The first-order valence-corrected chi connectivity index (χ1v) is 6.98. The summed E-state index contributed by atoms with van der Waals surface area (Å²) in [5, 5.41) is 0. The maximum atomic E-state index is 5.47. The summed E-state index contributed by atoms with van der Waals surface area (Å²) in [6.07, 6.45) is 8.51. The molecule has 2 nitrogen and oxygen atoms in total. The Morgan fingerprint density at radius 3 is 2.38 bits per heavy atom. The van der Waals surface area contributed by atoms with Crippen LogP contribution in [0.2, 0.25) is 0 Å². The molecule has 0 bridgehead atoms. The molecular formula is C19H14O2. The lowest BCUT2D eigenvalue weighted by molar-refractivity contribution is 0.525. The molecule has 0 fully saturated rings. The highest BCUT2D eigenvalue weighted by atomic mass is 16.3. The number of hydrogen-bond donors (Lipinski definition) is 0. The zero-order valence-corrected chi connectivity index (χ0v) is 11.5. The van der Waals surface area contributed by atoms with Gasteiger partial charge in [0.15, 0.2) is 0 Å². The van der Waals surface area contributed by atoms with Crippen LogP contribution in [0.3, 0.4) is 0 Å². The highest BCUT2D eigenvalue weighted by Gasteiger charge is 2.18. The van der Waals surface area contributed by atoms with E-state index >= 15 is 0 Å². The van der Waals surface area contributed by atoms with Gasteiger partial charge in [-0.15, -0.1) is 0 Å². The first kappa shape index (κ1) is 12.0. The Hall–Kier alpha value is -2.74. The minimum Gasteiger partial charge on any atom is -0.469 e. The average Bonchev–Trinajstić information content (AvgIpc) is 3.23. The van der Waals surface area contributed by atoms with Crippen LogP contribution >= 0.6 is 0 Å². The summed E-state index contributed by atoms with van der Waals surface area (Å²) in [6, 6.07) is 16.3. The smallest absolute Gasteiger partial charge is 0.127 e. The van der Waals surface area contributed by atoms with Crippen LogP contribution in [0, 0.1) is 0 Å². The summed E-state index contributed by atoms with van der Waals surface area (Å²) in [6.45, 7) is 0. The fourth-order valence-electron chi connectivity index (χ4n) is 2.75. The molecule has 2 aromatic heterocycles. The van der Waals surface area contributed by atoms with E-state index in [1.165, 1.54) is 22.3 Å². The lowest BCUT2D eigenvalue weighted by atomic mass is 10.0. The number of benzene rings is 1. The van der Waals surface area contributed by atoms with Crippen molar-refractivity contribution in [2.24, 2.45) is 0 Å². The van der Waals surface area contributed by atoms with Gasteiger partial charge >= 0.3 is 0 Å². The van der Waals surface area contributed by atoms with Gasteiger partial charge in [0.2, 0.25) is 0 Å². The molecule has 0 atom stereocenters. The molecule has 3 aromatic rings. The summed E-state index contributed by atoms with van der Waals surface area (Å²) < 4.78 is 10.9. The van der Waals surface area contributed by atoms with Crippen LogP contribution in [0.15, 0.2) is 76.0 Å². The van der Waals surface area contributed by atoms with Crippen LogP contribution in [0.1, 0.15) is 22.6 Å². The Kier molecular flexibility index (Phi) is 2.86. The number of allylic oxidation sites excluding steroid dienone is 3. The van der Waals surface area contributed by atoms with E-state index in [-0.39, 0.29) is 0 Å². The van der Waals surface area contributed by atoms with Crippen molar-refractivity contribution in [3.63, 3.8) is 0 Å². The molecule has 1 aromatic carbocycles. The van der Waals surface area contributed by atoms with Gasteiger partial charge in [0.25, 0.3) is 0 Å². The molecule has 0 spiro atoms. The third-order valence-corrected chi connectivity index (χ3v) is 3.70. The van der Waals surface area contributed by atoms with E-state index in [1.807, 2.05) is 24.3 Å². The van der Waals surface area contributed by atoms with E-state index in [4.69, 9.17) is 8.83 Å². The summed E-state index contributed by atoms with van der Waals surface area (Å²) in [5.74, 6) is 1.85. The molecule has 1 aliphatic carbocycles. The Morgan fingerprint density at radius 1 is 0.810 bits per heavy atom. The third-order valence-electron chi connectivity index (χ3n) is 3.70. The SMILES string of the molecule is C1=C(Cc2ccco2)c2ccccc2/C1=C/c1ccco1. The normalized spacial score (nSPS) is 15.2. The van der Waals surface area contributed by atoms with E-state index < -0.39 is 0 Å². The molecule has 0 aliphatic heterocycles. The summed E-state index contributed by atoms with van der Waals surface area (Å²) in [7, 11) is 0. The minimum atomic E-state index is 0.805. The van der Waals surface area contributed by atoms with E-state index in [0.29, 0.717) is 0 Å². The van der Waals surface area contributed by atoms with Gasteiger partial charge in [0, 0.05) is 6.42 Å². The second-order valence-electron chi connectivity index (χ2n) is 5.09. The molecule has 0 saturated carbocycles. The number of rotatable bonds is 3. The highest BCUT2D eigenvalue weighted by Crippen LogP contribution is 2.37. The first-order valence-electron chi connectivity index (χ1n) is 6.98. The van der Waals surface area contributed by atoms with Gasteiger partial charge in [-0.2, -0.15) is 0 Å². The Balaban J connectivity index is 1.77. The predicted molar refractivity (Wildman–Crippen MR) is 83.4 cm³/mol. The largest absolute Gasteiger partial charge is 0.469 e. The van der Waals surface area contributed by atoms with Crippen molar-refractivity contribution >= 4 is 17.2 Å². The third kappa shape index (κ3) is 2.25. The van der Waals surface area contributed by atoms with Crippen LogP contribution in [-0.2, 0) is 6.42 Å². The average molecular weight is 274 g/mol. The van der Waals surface area contributed by atoms with Crippen molar-refractivity contribution < 1.29 is 8.83 Å². The molecule has 1 aliphatic rings. The maximum absolute atomic E-state index is 5.47. The van der Waals surface area contributed by atoms with Crippen molar-refractivity contribution in [2.45, 2.75) is 6.42 Å². The van der Waals surface area contributed by atoms with Crippen LogP contribution in [0.4, 0.5) is 0 Å². The molecule has 0 unspecified atom stereocenters. The Morgan fingerprint density at radius 2 is 1.62 bits per heavy atom. The van der Waals surface area contributed by atoms with Crippen molar-refractivity contribution in [2.75, 3.05) is 0 Å². The summed E-state index contributed by atoms with van der Waals surface area (Å²) >= 11 is 0. The molecule has 2 heteroatoms. The minimum absolute atomic E-state index is 0.805. The second kappa shape index (κ2) is 4.98. The van der Waals surface area contributed by atoms with E-state index in [2.05, 4.69) is 36.4 Å². The van der Waals surface area contributed by atoms with E-state index in [0.717, 1.165) is 17.9 Å².